The third-order valence-electron chi connectivity index (χ3n) is 4.29. The van der Waals surface area contributed by atoms with E-state index in [2.05, 4.69) is 9.97 Å². The molecule has 0 fully saturated rings. The molecule has 0 aliphatic carbocycles. The summed E-state index contributed by atoms with van der Waals surface area (Å²) in [5.41, 5.74) is 1.24. The van der Waals surface area contributed by atoms with Crippen LogP contribution in [0.2, 0.25) is 0 Å². The van der Waals surface area contributed by atoms with Crippen LogP contribution >= 0.6 is 0 Å². The van der Waals surface area contributed by atoms with Crippen LogP contribution < -0.4 is 14.2 Å². The molecule has 156 valence electrons. The number of aromatic amines is 1. The Bertz CT molecular complexity index is 915. The minimum atomic E-state index is -0.370. The van der Waals surface area contributed by atoms with E-state index in [1.165, 1.54) is 13.2 Å². The Hall–Kier alpha value is -2.84. The van der Waals surface area contributed by atoms with Crippen molar-refractivity contribution in [1.82, 2.24) is 9.97 Å². The lowest BCUT2D eigenvalue weighted by Crippen LogP contribution is -2.11. The number of halogens is 1. The van der Waals surface area contributed by atoms with Gasteiger partial charge in [0, 0.05) is 32.0 Å². The van der Waals surface area contributed by atoms with Crippen molar-refractivity contribution in [3.8, 4) is 17.2 Å². The van der Waals surface area contributed by atoms with Gasteiger partial charge >= 0.3 is 0 Å². The highest BCUT2D eigenvalue weighted by Gasteiger charge is 2.13. The SMILES string of the molecule is COCCOCCOc1cc(F)c(CCOc2c[nH]c3ncccc23)cc1OC. The summed E-state index contributed by atoms with van der Waals surface area (Å²) in [6.07, 6.45) is 3.84. The van der Waals surface area contributed by atoms with Crippen LogP contribution in [0.3, 0.4) is 0 Å². The van der Waals surface area contributed by atoms with Crippen LogP contribution in [0.4, 0.5) is 4.39 Å². The van der Waals surface area contributed by atoms with Gasteiger partial charge in [0.25, 0.3) is 0 Å². The number of fused-ring (bicyclic) bond motifs is 1. The molecule has 0 bridgehead atoms. The fraction of sp³-hybridized carbons (Fsp3) is 0.381. The minimum Gasteiger partial charge on any atom is -0.493 e. The van der Waals surface area contributed by atoms with E-state index in [0.29, 0.717) is 55.7 Å². The van der Waals surface area contributed by atoms with Gasteiger partial charge in [0.2, 0.25) is 0 Å². The Morgan fingerprint density at radius 2 is 1.79 bits per heavy atom. The van der Waals surface area contributed by atoms with Crippen molar-refractivity contribution in [2.24, 2.45) is 0 Å². The lowest BCUT2D eigenvalue weighted by Gasteiger charge is -2.13. The monoisotopic (exact) mass is 404 g/mol. The first-order valence-electron chi connectivity index (χ1n) is 9.33. The van der Waals surface area contributed by atoms with Gasteiger partial charge in [0.1, 0.15) is 23.8 Å². The van der Waals surface area contributed by atoms with Gasteiger partial charge in [-0.2, -0.15) is 0 Å². The van der Waals surface area contributed by atoms with Gasteiger partial charge in [-0.1, -0.05) is 0 Å². The van der Waals surface area contributed by atoms with Crippen LogP contribution in [0.5, 0.6) is 17.2 Å². The van der Waals surface area contributed by atoms with E-state index >= 15 is 0 Å². The van der Waals surface area contributed by atoms with E-state index in [0.717, 1.165) is 11.0 Å². The highest BCUT2D eigenvalue weighted by Crippen LogP contribution is 2.31. The van der Waals surface area contributed by atoms with E-state index < -0.39 is 0 Å². The van der Waals surface area contributed by atoms with Gasteiger partial charge in [-0.3, -0.25) is 0 Å². The molecule has 3 aromatic rings. The van der Waals surface area contributed by atoms with Crippen molar-refractivity contribution in [1.29, 1.82) is 0 Å². The zero-order valence-corrected chi connectivity index (χ0v) is 16.6. The van der Waals surface area contributed by atoms with E-state index in [1.54, 1.807) is 25.6 Å². The molecule has 2 heterocycles. The Balaban J connectivity index is 1.55. The summed E-state index contributed by atoms with van der Waals surface area (Å²) in [5, 5.41) is 0.891. The number of methoxy groups -OCH3 is 2. The average molecular weight is 404 g/mol. The van der Waals surface area contributed by atoms with Crippen LogP contribution in [-0.4, -0.2) is 57.2 Å². The summed E-state index contributed by atoms with van der Waals surface area (Å²) >= 11 is 0. The number of rotatable bonds is 12. The van der Waals surface area contributed by atoms with Crippen LogP contribution in [0, 0.1) is 5.82 Å². The molecule has 0 spiro atoms. The molecule has 3 rings (SSSR count). The first-order chi connectivity index (χ1) is 14.2. The number of H-pyrrole nitrogens is 1. The van der Waals surface area contributed by atoms with Gasteiger partial charge in [-0.25, -0.2) is 9.37 Å². The predicted octanol–water partition coefficient (Wildman–Crippen LogP) is 3.37. The van der Waals surface area contributed by atoms with Crippen molar-refractivity contribution in [2.45, 2.75) is 6.42 Å². The number of pyridine rings is 1. The van der Waals surface area contributed by atoms with Crippen LogP contribution in [-0.2, 0) is 15.9 Å². The predicted molar refractivity (Wildman–Crippen MR) is 106 cm³/mol. The largest absolute Gasteiger partial charge is 0.493 e. The third kappa shape index (κ3) is 5.58. The Morgan fingerprint density at radius 1 is 0.966 bits per heavy atom. The Kier molecular flexibility index (Phi) is 7.66. The van der Waals surface area contributed by atoms with E-state index in [4.69, 9.17) is 23.7 Å². The number of aromatic nitrogens is 2. The molecule has 1 aromatic carbocycles. The second-order valence-electron chi connectivity index (χ2n) is 6.20. The molecule has 0 atom stereocenters. The zero-order valence-electron chi connectivity index (χ0n) is 16.6. The number of nitrogens with one attached hydrogen (secondary N) is 1. The fourth-order valence-electron chi connectivity index (χ4n) is 2.82. The third-order valence-corrected chi connectivity index (χ3v) is 4.29. The molecule has 29 heavy (non-hydrogen) atoms. The summed E-state index contributed by atoms with van der Waals surface area (Å²) in [4.78, 5) is 7.26. The number of ether oxygens (including phenoxy) is 5. The molecule has 0 radical (unpaired) electrons. The summed E-state index contributed by atoms with van der Waals surface area (Å²) < 4.78 is 41.5. The number of benzene rings is 1. The van der Waals surface area contributed by atoms with E-state index in [-0.39, 0.29) is 12.4 Å². The maximum absolute atomic E-state index is 14.5. The standard InChI is InChI=1S/C21H25FN2O5/c1-25-8-9-27-10-11-29-19-13-17(22)15(12-18(19)26-2)5-7-28-20-14-24-21-16(20)4-3-6-23-21/h3-4,6,12-14H,5,7-11H2,1-2H3,(H,23,24). The topological polar surface area (TPSA) is 74.8 Å². The van der Waals surface area contributed by atoms with Gasteiger partial charge < -0.3 is 28.7 Å². The number of hydrogen-bond acceptors (Lipinski definition) is 6. The van der Waals surface area contributed by atoms with Crippen molar-refractivity contribution in [2.75, 3.05) is 47.3 Å². The molecular weight excluding hydrogens is 379 g/mol. The van der Waals surface area contributed by atoms with Gasteiger partial charge in [-0.05, 0) is 23.8 Å². The first kappa shape index (κ1) is 20.9. The second-order valence-corrected chi connectivity index (χ2v) is 6.20. The van der Waals surface area contributed by atoms with Crippen molar-refractivity contribution < 1.29 is 28.1 Å². The maximum atomic E-state index is 14.5. The molecular formula is C21H25FN2O5. The molecule has 0 aliphatic rings. The average Bonchev–Trinajstić information content (AvgIpc) is 3.15. The highest BCUT2D eigenvalue weighted by atomic mass is 19.1. The van der Waals surface area contributed by atoms with Crippen molar-refractivity contribution in [3.05, 3.63) is 48.0 Å². The molecule has 0 unspecified atom stereocenters. The summed E-state index contributed by atoms with van der Waals surface area (Å²) in [7, 11) is 3.13. The van der Waals surface area contributed by atoms with Crippen LogP contribution in [0.15, 0.2) is 36.7 Å². The molecule has 0 saturated carbocycles. The summed E-state index contributed by atoms with van der Waals surface area (Å²) in [5.74, 6) is 1.13. The second kappa shape index (κ2) is 10.6. The maximum Gasteiger partial charge on any atom is 0.164 e. The normalized spacial score (nSPS) is 11.0. The molecule has 0 amide bonds. The lowest BCUT2D eigenvalue weighted by atomic mass is 10.1. The Morgan fingerprint density at radius 3 is 2.62 bits per heavy atom. The lowest BCUT2D eigenvalue weighted by molar-refractivity contribution is 0.0539. The number of hydrogen-bond donors (Lipinski definition) is 1. The summed E-state index contributed by atoms with van der Waals surface area (Å²) in [6, 6.07) is 6.73. The highest BCUT2D eigenvalue weighted by molar-refractivity contribution is 5.82. The van der Waals surface area contributed by atoms with E-state index in [1.807, 2.05) is 12.1 Å². The smallest absolute Gasteiger partial charge is 0.164 e. The van der Waals surface area contributed by atoms with Gasteiger partial charge in [0.15, 0.2) is 11.5 Å². The van der Waals surface area contributed by atoms with Gasteiger partial charge in [0.05, 0.1) is 38.9 Å². The molecule has 2 aromatic heterocycles. The molecule has 8 heteroatoms. The van der Waals surface area contributed by atoms with Crippen molar-refractivity contribution >= 4 is 11.0 Å². The number of nitrogens with zero attached hydrogens (tertiary/aromatic N) is 1. The van der Waals surface area contributed by atoms with Crippen LogP contribution in [0.1, 0.15) is 5.56 Å². The minimum absolute atomic E-state index is 0.288. The molecule has 1 N–H and O–H groups in total. The van der Waals surface area contributed by atoms with Crippen LogP contribution in [0.25, 0.3) is 11.0 Å². The fourth-order valence-corrected chi connectivity index (χ4v) is 2.82. The molecule has 0 saturated heterocycles. The van der Waals surface area contributed by atoms with E-state index in [9.17, 15) is 4.39 Å². The van der Waals surface area contributed by atoms with Crippen molar-refractivity contribution in [3.63, 3.8) is 0 Å². The molecule has 0 aliphatic heterocycles. The molecule has 7 nitrogen and oxygen atoms in total. The first-order valence-corrected chi connectivity index (χ1v) is 9.33. The zero-order chi connectivity index (χ0) is 20.5. The quantitative estimate of drug-likeness (QED) is 0.467. The summed E-state index contributed by atoms with van der Waals surface area (Å²) in [6.45, 7) is 1.98. The van der Waals surface area contributed by atoms with Gasteiger partial charge in [-0.15, -0.1) is 0 Å². The Labute approximate surface area is 168 Å².